The molecule has 0 aliphatic carbocycles. The SMILES string of the molecule is O=[N+]([O-])c1cc(F)c(SCCS(=O)(=O)Cl)c(F)c1. The molecule has 0 heterocycles. The molecule has 0 unspecified atom stereocenters. The number of nitrogens with zero attached hydrogens (tertiary/aromatic N) is 1. The van der Waals surface area contributed by atoms with Gasteiger partial charge in [0.2, 0.25) is 9.05 Å². The van der Waals surface area contributed by atoms with Crippen LogP contribution in [0.15, 0.2) is 17.0 Å². The van der Waals surface area contributed by atoms with Crippen LogP contribution in [0.2, 0.25) is 0 Å². The maximum Gasteiger partial charge on any atom is 0.275 e. The summed E-state index contributed by atoms with van der Waals surface area (Å²) in [6.07, 6.45) is 0. The van der Waals surface area contributed by atoms with Crippen LogP contribution in [-0.4, -0.2) is 24.8 Å². The molecule has 0 saturated heterocycles. The largest absolute Gasteiger partial charge is 0.275 e. The molecular weight excluding hydrogens is 312 g/mol. The van der Waals surface area contributed by atoms with Crippen molar-refractivity contribution in [1.82, 2.24) is 0 Å². The lowest BCUT2D eigenvalue weighted by atomic mass is 10.3. The highest BCUT2D eigenvalue weighted by Crippen LogP contribution is 2.29. The van der Waals surface area contributed by atoms with E-state index in [-0.39, 0.29) is 5.75 Å². The topological polar surface area (TPSA) is 77.3 Å². The number of rotatable bonds is 5. The molecule has 1 rings (SSSR count). The predicted molar refractivity (Wildman–Crippen MR) is 63.4 cm³/mol. The molecular formula is C8H6ClF2NO4S2. The van der Waals surface area contributed by atoms with E-state index in [1.165, 1.54) is 0 Å². The fourth-order valence-corrected chi connectivity index (χ4v) is 3.33. The molecule has 0 bridgehead atoms. The minimum Gasteiger partial charge on any atom is -0.258 e. The lowest BCUT2D eigenvalue weighted by molar-refractivity contribution is -0.385. The van der Waals surface area contributed by atoms with Gasteiger partial charge in [0.15, 0.2) is 0 Å². The number of halogens is 3. The number of hydrogen-bond donors (Lipinski definition) is 0. The molecule has 5 nitrogen and oxygen atoms in total. The van der Waals surface area contributed by atoms with Gasteiger partial charge in [-0.05, 0) is 0 Å². The van der Waals surface area contributed by atoms with Crippen LogP contribution in [-0.2, 0) is 9.05 Å². The van der Waals surface area contributed by atoms with Crippen molar-refractivity contribution in [2.24, 2.45) is 0 Å². The summed E-state index contributed by atoms with van der Waals surface area (Å²) in [5.74, 6) is -2.84. The van der Waals surface area contributed by atoms with Crippen molar-refractivity contribution in [2.75, 3.05) is 11.5 Å². The van der Waals surface area contributed by atoms with Gasteiger partial charge in [-0.25, -0.2) is 17.2 Å². The first-order valence-corrected chi connectivity index (χ1v) is 7.85. The summed E-state index contributed by atoms with van der Waals surface area (Å²) >= 11 is 0.585. The number of nitro benzene ring substituents is 1. The Morgan fingerprint density at radius 1 is 1.33 bits per heavy atom. The molecule has 0 aromatic heterocycles. The van der Waals surface area contributed by atoms with Crippen LogP contribution in [0.4, 0.5) is 14.5 Å². The molecule has 10 heteroatoms. The summed E-state index contributed by atoms with van der Waals surface area (Å²) in [7, 11) is 1.18. The molecule has 0 aliphatic heterocycles. The van der Waals surface area contributed by atoms with Crippen molar-refractivity contribution in [3.05, 3.63) is 33.9 Å². The van der Waals surface area contributed by atoms with Gasteiger partial charge in [0, 0.05) is 16.4 Å². The standard InChI is InChI=1S/C8H6ClF2NO4S2/c9-18(15,16)2-1-17-8-6(10)3-5(12(13)14)4-7(8)11/h3-4H,1-2H2. The zero-order valence-corrected chi connectivity index (χ0v) is 11.0. The monoisotopic (exact) mass is 317 g/mol. The molecule has 0 saturated carbocycles. The second kappa shape index (κ2) is 5.81. The molecule has 18 heavy (non-hydrogen) atoms. The first-order chi connectivity index (χ1) is 8.20. The summed E-state index contributed by atoms with van der Waals surface area (Å²) in [6, 6.07) is 1.14. The minimum absolute atomic E-state index is 0.155. The van der Waals surface area contributed by atoms with E-state index < -0.39 is 41.9 Å². The van der Waals surface area contributed by atoms with Crippen LogP contribution in [0, 0.1) is 21.7 Å². The fraction of sp³-hybridized carbons (Fsp3) is 0.250. The van der Waals surface area contributed by atoms with Crippen molar-refractivity contribution in [2.45, 2.75) is 4.90 Å². The zero-order valence-electron chi connectivity index (χ0n) is 8.60. The molecule has 0 radical (unpaired) electrons. The first kappa shape index (κ1) is 15.1. The highest BCUT2D eigenvalue weighted by molar-refractivity contribution is 8.14. The Labute approximate surface area is 110 Å². The van der Waals surface area contributed by atoms with Crippen LogP contribution in [0.25, 0.3) is 0 Å². The summed E-state index contributed by atoms with van der Waals surface area (Å²) in [5, 5.41) is 10.3. The highest BCUT2D eigenvalue weighted by atomic mass is 35.7. The number of nitro groups is 1. The summed E-state index contributed by atoms with van der Waals surface area (Å²) in [5.41, 5.74) is -0.709. The maximum absolute atomic E-state index is 13.3. The van der Waals surface area contributed by atoms with E-state index in [4.69, 9.17) is 10.7 Å². The average molecular weight is 318 g/mol. The van der Waals surface area contributed by atoms with Gasteiger partial charge in [-0.1, -0.05) is 0 Å². The minimum atomic E-state index is -3.74. The first-order valence-electron chi connectivity index (χ1n) is 4.39. The fourth-order valence-electron chi connectivity index (χ4n) is 1.03. The number of benzene rings is 1. The van der Waals surface area contributed by atoms with E-state index in [2.05, 4.69) is 0 Å². The summed E-state index contributed by atoms with van der Waals surface area (Å²) in [6.45, 7) is 0. The van der Waals surface area contributed by atoms with Crippen molar-refractivity contribution >= 4 is 37.2 Å². The lowest BCUT2D eigenvalue weighted by Gasteiger charge is -2.03. The smallest absolute Gasteiger partial charge is 0.258 e. The molecule has 0 spiro atoms. The lowest BCUT2D eigenvalue weighted by Crippen LogP contribution is -2.01. The highest BCUT2D eigenvalue weighted by Gasteiger charge is 2.18. The molecule has 1 aromatic carbocycles. The van der Waals surface area contributed by atoms with E-state index in [0.29, 0.717) is 23.9 Å². The van der Waals surface area contributed by atoms with Crippen molar-refractivity contribution in [3.8, 4) is 0 Å². The Hall–Kier alpha value is -0.930. The Balaban J connectivity index is 2.87. The third-order valence-electron chi connectivity index (χ3n) is 1.77. The van der Waals surface area contributed by atoms with E-state index in [9.17, 15) is 27.3 Å². The molecule has 0 fully saturated rings. The van der Waals surface area contributed by atoms with Crippen LogP contribution in [0.5, 0.6) is 0 Å². The zero-order chi connectivity index (χ0) is 13.9. The molecule has 0 aliphatic rings. The Morgan fingerprint density at radius 2 is 1.83 bits per heavy atom. The van der Waals surface area contributed by atoms with E-state index in [1.54, 1.807) is 0 Å². The number of thioether (sulfide) groups is 1. The normalized spacial score (nSPS) is 11.5. The van der Waals surface area contributed by atoms with Gasteiger partial charge in [-0.15, -0.1) is 11.8 Å². The molecule has 0 N–H and O–H groups in total. The van der Waals surface area contributed by atoms with Gasteiger partial charge in [-0.3, -0.25) is 10.1 Å². The number of non-ortho nitro benzene ring substituents is 1. The summed E-state index contributed by atoms with van der Waals surface area (Å²) < 4.78 is 47.9. The van der Waals surface area contributed by atoms with Gasteiger partial charge in [0.1, 0.15) is 11.6 Å². The second-order valence-electron chi connectivity index (χ2n) is 3.09. The maximum atomic E-state index is 13.3. The number of hydrogen-bond acceptors (Lipinski definition) is 5. The average Bonchev–Trinajstić information content (AvgIpc) is 2.20. The van der Waals surface area contributed by atoms with Gasteiger partial charge in [0.05, 0.1) is 27.7 Å². The van der Waals surface area contributed by atoms with Crippen LogP contribution in [0.3, 0.4) is 0 Å². The predicted octanol–water partition coefficient (Wildman–Crippen LogP) is 2.53. The second-order valence-corrected chi connectivity index (χ2v) is 7.09. The molecule has 100 valence electrons. The van der Waals surface area contributed by atoms with Crippen molar-refractivity contribution in [1.29, 1.82) is 0 Å². The van der Waals surface area contributed by atoms with Gasteiger partial charge in [-0.2, -0.15) is 0 Å². The van der Waals surface area contributed by atoms with Crippen molar-refractivity contribution < 1.29 is 22.1 Å². The van der Waals surface area contributed by atoms with Crippen molar-refractivity contribution in [3.63, 3.8) is 0 Å². The van der Waals surface area contributed by atoms with E-state index in [1.807, 2.05) is 0 Å². The van der Waals surface area contributed by atoms with Crippen LogP contribution >= 0.6 is 22.4 Å². The Morgan fingerprint density at radius 3 is 2.22 bits per heavy atom. The van der Waals surface area contributed by atoms with E-state index >= 15 is 0 Å². The third kappa shape index (κ3) is 4.39. The molecule has 0 atom stereocenters. The molecule has 1 aromatic rings. The summed E-state index contributed by atoms with van der Waals surface area (Å²) in [4.78, 5) is 8.93. The van der Waals surface area contributed by atoms with Gasteiger partial charge in [0.25, 0.3) is 5.69 Å². The van der Waals surface area contributed by atoms with Gasteiger partial charge < -0.3 is 0 Å². The quantitative estimate of drug-likeness (QED) is 0.361. The van der Waals surface area contributed by atoms with Crippen LogP contribution < -0.4 is 0 Å². The third-order valence-corrected chi connectivity index (χ3v) is 4.27. The van der Waals surface area contributed by atoms with Gasteiger partial charge >= 0.3 is 0 Å². The Kier molecular flexibility index (Phi) is 4.88. The van der Waals surface area contributed by atoms with Crippen LogP contribution in [0.1, 0.15) is 0 Å². The molecule has 0 amide bonds. The van der Waals surface area contributed by atoms with E-state index in [0.717, 1.165) is 0 Å². The Bertz CT molecular complexity index is 555.